The van der Waals surface area contributed by atoms with E-state index < -0.39 is 18.8 Å². The van der Waals surface area contributed by atoms with Crippen LogP contribution in [-0.2, 0) is 7.05 Å². The van der Waals surface area contributed by atoms with Crippen LogP contribution in [0.4, 0.5) is 24.7 Å². The van der Waals surface area contributed by atoms with Crippen LogP contribution >= 0.6 is 0 Å². The zero-order valence-electron chi connectivity index (χ0n) is 17.9. The Balaban J connectivity index is 1.40. The fourth-order valence-corrected chi connectivity index (χ4v) is 3.96. The number of aromatic amines is 1. The zero-order chi connectivity index (χ0) is 22.9. The largest absolute Gasteiger partial charge is 0.490 e. The van der Waals surface area contributed by atoms with Gasteiger partial charge in [0, 0.05) is 43.5 Å². The van der Waals surface area contributed by atoms with Crippen molar-refractivity contribution in [3.63, 3.8) is 0 Å². The first kappa shape index (κ1) is 22.4. The van der Waals surface area contributed by atoms with Gasteiger partial charge in [-0.25, -0.2) is 4.98 Å². The van der Waals surface area contributed by atoms with Crippen molar-refractivity contribution in [1.29, 1.82) is 0 Å². The van der Waals surface area contributed by atoms with E-state index in [2.05, 4.69) is 25.8 Å². The van der Waals surface area contributed by atoms with E-state index in [9.17, 15) is 13.2 Å². The normalized spacial score (nSPS) is 20.4. The molecule has 0 amide bonds. The van der Waals surface area contributed by atoms with E-state index >= 15 is 0 Å². The van der Waals surface area contributed by atoms with E-state index in [0.29, 0.717) is 37.3 Å². The summed E-state index contributed by atoms with van der Waals surface area (Å²) in [6, 6.07) is 5.66. The summed E-state index contributed by atoms with van der Waals surface area (Å²) >= 11 is 0. The second-order valence-electron chi connectivity index (χ2n) is 8.31. The average molecular weight is 452 g/mol. The summed E-state index contributed by atoms with van der Waals surface area (Å²) in [6.45, 7) is 1.43. The molecule has 4 rings (SSSR count). The third-order valence-electron chi connectivity index (χ3n) is 5.73. The van der Waals surface area contributed by atoms with Gasteiger partial charge in [0.25, 0.3) is 0 Å². The van der Waals surface area contributed by atoms with Crippen LogP contribution in [0.1, 0.15) is 31.4 Å². The second kappa shape index (κ2) is 8.99. The number of aromatic nitrogens is 4. The first-order valence-electron chi connectivity index (χ1n) is 10.6. The van der Waals surface area contributed by atoms with Crippen molar-refractivity contribution in [2.24, 2.45) is 7.05 Å². The van der Waals surface area contributed by atoms with E-state index in [4.69, 9.17) is 9.84 Å². The van der Waals surface area contributed by atoms with Crippen LogP contribution in [0.2, 0.25) is 0 Å². The standard InChI is InChI=1S/C21H27F3N6O2/c1-12-7-19(29-28-12)27-16-8-15(9-17-20(16)26-11-30(17)2)32-14-5-3-13(4-6-14)25-10-18(31)21(22,23)24/h7-9,11,13-14,18,25,31H,3-6,10H2,1-2H3,(H2,27,28,29)/t13-,14+,18-/m0/s1. The molecule has 1 fully saturated rings. The Morgan fingerprint density at radius 3 is 2.66 bits per heavy atom. The summed E-state index contributed by atoms with van der Waals surface area (Å²) < 4.78 is 45.6. The number of aliphatic hydroxyl groups excluding tert-OH is 1. The van der Waals surface area contributed by atoms with Gasteiger partial charge in [-0.2, -0.15) is 18.3 Å². The number of imidazole rings is 1. The van der Waals surface area contributed by atoms with Crippen LogP contribution in [-0.4, -0.2) is 55.8 Å². The van der Waals surface area contributed by atoms with Gasteiger partial charge in [0.2, 0.25) is 0 Å². The summed E-state index contributed by atoms with van der Waals surface area (Å²) in [6.07, 6.45) is -2.45. The summed E-state index contributed by atoms with van der Waals surface area (Å²) in [5.74, 6) is 1.37. The van der Waals surface area contributed by atoms with Crippen molar-refractivity contribution in [3.05, 3.63) is 30.2 Å². The van der Waals surface area contributed by atoms with Gasteiger partial charge >= 0.3 is 6.18 Å². The van der Waals surface area contributed by atoms with Crippen molar-refractivity contribution in [2.45, 2.75) is 57.0 Å². The molecule has 1 aromatic carbocycles. The molecule has 0 bridgehead atoms. The third kappa shape index (κ3) is 5.16. The first-order valence-corrected chi connectivity index (χ1v) is 10.6. The predicted molar refractivity (Wildman–Crippen MR) is 114 cm³/mol. The van der Waals surface area contributed by atoms with Crippen LogP contribution in [0.3, 0.4) is 0 Å². The minimum absolute atomic E-state index is 0.0354. The van der Waals surface area contributed by atoms with Gasteiger partial charge in [0.1, 0.15) is 11.3 Å². The number of aryl methyl sites for hydroxylation is 2. The SMILES string of the molecule is Cc1cc(Nc2cc(O[C@H]3CC[C@@H](NC[C@H](O)C(F)(F)F)CC3)cc3c2ncn3C)n[nH]1. The number of nitrogens with one attached hydrogen (secondary N) is 3. The third-order valence-corrected chi connectivity index (χ3v) is 5.73. The van der Waals surface area contributed by atoms with Gasteiger partial charge in [-0.3, -0.25) is 5.10 Å². The number of alkyl halides is 3. The molecule has 3 aromatic rings. The second-order valence-corrected chi connectivity index (χ2v) is 8.31. The van der Waals surface area contributed by atoms with E-state index in [1.54, 1.807) is 6.33 Å². The van der Waals surface area contributed by atoms with Gasteiger partial charge in [0.05, 0.1) is 23.6 Å². The molecule has 11 heteroatoms. The number of ether oxygens (including phenoxy) is 1. The molecule has 0 saturated heterocycles. The molecule has 1 saturated carbocycles. The fourth-order valence-electron chi connectivity index (χ4n) is 3.96. The van der Waals surface area contributed by atoms with Crippen molar-refractivity contribution in [3.8, 4) is 5.75 Å². The van der Waals surface area contributed by atoms with E-state index in [1.807, 2.05) is 36.7 Å². The van der Waals surface area contributed by atoms with Crippen LogP contribution in [0.5, 0.6) is 5.75 Å². The topological polar surface area (TPSA) is 100 Å². The lowest BCUT2D eigenvalue weighted by molar-refractivity contribution is -0.202. The van der Waals surface area contributed by atoms with E-state index in [0.717, 1.165) is 22.4 Å². The Bertz CT molecular complexity index is 1060. The fraction of sp³-hybridized carbons (Fsp3) is 0.524. The Kier molecular flexibility index (Phi) is 6.29. The number of aliphatic hydroxyl groups is 1. The number of halogens is 3. The Morgan fingerprint density at radius 1 is 1.25 bits per heavy atom. The minimum Gasteiger partial charge on any atom is -0.490 e. The highest BCUT2D eigenvalue weighted by Crippen LogP contribution is 2.32. The Hall–Kier alpha value is -2.79. The molecular weight excluding hydrogens is 425 g/mol. The number of hydrogen-bond acceptors (Lipinski definition) is 6. The maximum absolute atomic E-state index is 12.5. The maximum atomic E-state index is 12.5. The molecule has 1 aliphatic rings. The molecule has 174 valence electrons. The molecule has 0 unspecified atom stereocenters. The maximum Gasteiger partial charge on any atom is 0.415 e. The number of fused-ring (bicyclic) bond motifs is 1. The lowest BCUT2D eigenvalue weighted by atomic mass is 9.93. The number of anilines is 2. The molecule has 0 spiro atoms. The predicted octanol–water partition coefficient (Wildman–Crippen LogP) is 3.55. The monoisotopic (exact) mass is 452 g/mol. The number of hydrogen-bond donors (Lipinski definition) is 4. The average Bonchev–Trinajstić information content (AvgIpc) is 3.32. The van der Waals surface area contributed by atoms with E-state index in [-0.39, 0.29) is 12.1 Å². The van der Waals surface area contributed by atoms with Gasteiger partial charge in [-0.1, -0.05) is 0 Å². The number of nitrogens with zero attached hydrogens (tertiary/aromatic N) is 3. The number of rotatable bonds is 7. The highest BCUT2D eigenvalue weighted by molar-refractivity contribution is 5.91. The Labute approximate surface area is 183 Å². The lowest BCUT2D eigenvalue weighted by Crippen LogP contribution is -2.44. The zero-order valence-corrected chi connectivity index (χ0v) is 17.9. The molecule has 32 heavy (non-hydrogen) atoms. The minimum atomic E-state index is -4.60. The molecule has 8 nitrogen and oxygen atoms in total. The Morgan fingerprint density at radius 2 is 2.00 bits per heavy atom. The molecule has 1 aliphatic carbocycles. The number of benzene rings is 1. The summed E-state index contributed by atoms with van der Waals surface area (Å²) in [4.78, 5) is 4.47. The van der Waals surface area contributed by atoms with Gasteiger partial charge in [0.15, 0.2) is 11.9 Å². The number of H-pyrrole nitrogens is 1. The summed E-state index contributed by atoms with van der Waals surface area (Å²) in [5, 5.41) is 22.4. The van der Waals surface area contributed by atoms with Gasteiger partial charge in [-0.15, -0.1) is 0 Å². The molecule has 0 aliphatic heterocycles. The first-order chi connectivity index (χ1) is 15.2. The quantitative estimate of drug-likeness (QED) is 0.438. The van der Waals surface area contributed by atoms with Crippen LogP contribution < -0.4 is 15.4 Å². The molecule has 4 N–H and O–H groups in total. The summed E-state index contributed by atoms with van der Waals surface area (Å²) in [5.41, 5.74) is 3.43. The van der Waals surface area contributed by atoms with Crippen molar-refractivity contribution < 1.29 is 23.0 Å². The smallest absolute Gasteiger partial charge is 0.415 e. The highest BCUT2D eigenvalue weighted by atomic mass is 19.4. The lowest BCUT2D eigenvalue weighted by Gasteiger charge is -2.30. The molecule has 0 radical (unpaired) electrons. The van der Waals surface area contributed by atoms with Crippen LogP contribution in [0.15, 0.2) is 24.5 Å². The van der Waals surface area contributed by atoms with Crippen molar-refractivity contribution in [1.82, 2.24) is 25.1 Å². The summed E-state index contributed by atoms with van der Waals surface area (Å²) in [7, 11) is 1.91. The molecular formula is C21H27F3N6O2. The van der Waals surface area contributed by atoms with Crippen LogP contribution in [0, 0.1) is 6.92 Å². The van der Waals surface area contributed by atoms with Crippen molar-refractivity contribution >= 4 is 22.5 Å². The van der Waals surface area contributed by atoms with Crippen molar-refractivity contribution in [2.75, 3.05) is 11.9 Å². The highest BCUT2D eigenvalue weighted by Gasteiger charge is 2.38. The molecule has 2 heterocycles. The van der Waals surface area contributed by atoms with Crippen LogP contribution in [0.25, 0.3) is 11.0 Å². The molecule has 1 atom stereocenters. The van der Waals surface area contributed by atoms with Gasteiger partial charge < -0.3 is 25.0 Å². The van der Waals surface area contributed by atoms with Gasteiger partial charge in [-0.05, 0) is 32.6 Å². The van der Waals surface area contributed by atoms with E-state index in [1.165, 1.54) is 0 Å². The molecule has 2 aromatic heterocycles.